The minimum absolute atomic E-state index is 0. The fourth-order valence-electron chi connectivity index (χ4n) is 5.68. The fourth-order valence-corrected chi connectivity index (χ4v) is 5.68. The van der Waals surface area contributed by atoms with Crippen LogP contribution < -0.4 is 10.1 Å². The van der Waals surface area contributed by atoms with E-state index in [0.29, 0.717) is 16.7 Å². The first kappa shape index (κ1) is 37.2. The van der Waals surface area contributed by atoms with Gasteiger partial charge in [0.05, 0.1) is 20.3 Å². The maximum Gasteiger partial charge on any atom is 0.186 e. The molecule has 1 N–H and O–H groups in total. The number of methoxy groups -OCH3 is 1. The number of carbonyl (C=O) groups excluding carboxylic acids is 1. The zero-order valence-corrected chi connectivity index (χ0v) is 28.6. The summed E-state index contributed by atoms with van der Waals surface area (Å²) in [7, 11) is 1.71. The van der Waals surface area contributed by atoms with Crippen molar-refractivity contribution < 1.29 is 20.1 Å². The van der Waals surface area contributed by atoms with Gasteiger partial charge >= 0.3 is 0 Å². The molecule has 45 heavy (non-hydrogen) atoms. The van der Waals surface area contributed by atoms with Gasteiger partial charge in [-0.1, -0.05) is 85.1 Å². The molecule has 1 unspecified atom stereocenters. The van der Waals surface area contributed by atoms with Crippen LogP contribution in [0.1, 0.15) is 102 Å². The highest BCUT2D eigenvalue weighted by atomic mass is 19.1. The summed E-state index contributed by atoms with van der Waals surface area (Å²) < 4.78 is 26.9. The van der Waals surface area contributed by atoms with Crippen LogP contribution in [0, 0.1) is 5.82 Å². The highest BCUT2D eigenvalue weighted by Crippen LogP contribution is 2.40. The molecular weight excluding hydrogens is 561 g/mol. The Labute approximate surface area is 272 Å². The van der Waals surface area contributed by atoms with Gasteiger partial charge in [0.15, 0.2) is 5.78 Å². The number of ketones is 1. The smallest absolute Gasteiger partial charge is 0.186 e. The lowest BCUT2D eigenvalue weighted by molar-refractivity contribution is 0.104. The molecule has 2 aliphatic heterocycles. The van der Waals surface area contributed by atoms with Crippen molar-refractivity contribution in [3.8, 4) is 5.75 Å². The lowest BCUT2D eigenvalue weighted by Crippen LogP contribution is -2.31. The first-order valence-electron chi connectivity index (χ1n) is 16.4. The van der Waals surface area contributed by atoms with E-state index in [4.69, 9.17) is 9.47 Å². The van der Waals surface area contributed by atoms with E-state index in [1.807, 2.05) is 47.7 Å². The molecule has 0 aromatic heterocycles. The predicted octanol–water partition coefficient (Wildman–Crippen LogP) is 10.6. The molecule has 0 radical (unpaired) electrons. The molecule has 244 valence electrons. The molecule has 0 saturated heterocycles. The van der Waals surface area contributed by atoms with Crippen LogP contribution in [-0.2, 0) is 11.2 Å². The average Bonchev–Trinajstić information content (AvgIpc) is 3.38. The number of hydrogen-bond donors (Lipinski definition) is 1. The second-order valence-electron chi connectivity index (χ2n) is 10.1. The second kappa shape index (κ2) is 18.8. The minimum Gasteiger partial charge on any atom is -0.496 e. The predicted molar refractivity (Wildman–Crippen MR) is 192 cm³/mol. The van der Waals surface area contributed by atoms with Gasteiger partial charge in [-0.05, 0) is 95.9 Å². The molecule has 1 aliphatic carbocycles. The quantitative estimate of drug-likeness (QED) is 0.351. The maximum atomic E-state index is 15.5. The molecule has 5 heteroatoms. The molecule has 1 atom stereocenters. The number of benzene rings is 2. The van der Waals surface area contributed by atoms with E-state index in [1.54, 1.807) is 25.3 Å². The molecule has 2 heterocycles. The lowest BCUT2D eigenvalue weighted by atomic mass is 9.80. The second-order valence-corrected chi connectivity index (χ2v) is 10.1. The summed E-state index contributed by atoms with van der Waals surface area (Å²) in [5, 5.41) is 3.49. The third kappa shape index (κ3) is 8.61. The third-order valence-electron chi connectivity index (χ3n) is 7.85. The Kier molecular flexibility index (Phi) is 15.5. The Bertz CT molecular complexity index is 1480. The molecule has 2 aromatic rings. The van der Waals surface area contributed by atoms with Crippen LogP contribution in [0.3, 0.4) is 0 Å². The number of hydrogen-bond acceptors (Lipinski definition) is 4. The fraction of sp³-hybridized carbons (Fsp3) is 0.375. The zero-order chi connectivity index (χ0) is 33.5. The Morgan fingerprint density at radius 1 is 1.09 bits per heavy atom. The van der Waals surface area contributed by atoms with E-state index in [-0.39, 0.29) is 18.8 Å². The lowest BCUT2D eigenvalue weighted by Gasteiger charge is -2.30. The molecule has 5 rings (SSSR count). The van der Waals surface area contributed by atoms with Gasteiger partial charge < -0.3 is 14.8 Å². The van der Waals surface area contributed by atoms with Crippen molar-refractivity contribution >= 4 is 23.0 Å². The summed E-state index contributed by atoms with van der Waals surface area (Å²) in [6.07, 6.45) is 12.3. The van der Waals surface area contributed by atoms with Crippen LogP contribution >= 0.6 is 0 Å². The van der Waals surface area contributed by atoms with Gasteiger partial charge in [-0.15, -0.1) is 0 Å². The average molecular weight is 616 g/mol. The molecule has 3 aliphatic rings. The molecule has 4 nitrogen and oxygen atoms in total. The molecule has 2 aromatic carbocycles. The summed E-state index contributed by atoms with van der Waals surface area (Å²) in [5.41, 5.74) is 7.78. The third-order valence-corrected chi connectivity index (χ3v) is 7.85. The highest BCUT2D eigenvalue weighted by Gasteiger charge is 2.28. The number of ether oxygens (including phenoxy) is 2. The number of nitrogens with one attached hydrogen (secondary N) is 1. The first-order chi connectivity index (χ1) is 21.9. The molecule has 0 fully saturated rings. The van der Waals surface area contributed by atoms with Crippen LogP contribution in [0.5, 0.6) is 5.75 Å². The van der Waals surface area contributed by atoms with Gasteiger partial charge in [0.1, 0.15) is 11.6 Å². The van der Waals surface area contributed by atoms with Gasteiger partial charge in [-0.2, -0.15) is 0 Å². The number of dihydropyridines is 1. The van der Waals surface area contributed by atoms with Crippen LogP contribution in [0.25, 0.3) is 17.2 Å². The van der Waals surface area contributed by atoms with E-state index in [0.717, 1.165) is 66.9 Å². The van der Waals surface area contributed by atoms with Crippen molar-refractivity contribution in [2.45, 2.75) is 80.2 Å². The van der Waals surface area contributed by atoms with E-state index in [1.165, 1.54) is 23.3 Å². The van der Waals surface area contributed by atoms with Gasteiger partial charge in [0.25, 0.3) is 0 Å². The Morgan fingerprint density at radius 3 is 2.51 bits per heavy atom. The monoisotopic (exact) mass is 615 g/mol. The highest BCUT2D eigenvalue weighted by molar-refractivity contribution is 6.11. The van der Waals surface area contributed by atoms with Crippen LogP contribution in [0.15, 0.2) is 84.6 Å². The summed E-state index contributed by atoms with van der Waals surface area (Å²) in [6, 6.07) is 9.71. The summed E-state index contributed by atoms with van der Waals surface area (Å²) in [5.74, 6) is 0.162. The maximum absolute atomic E-state index is 15.5. The van der Waals surface area contributed by atoms with Crippen molar-refractivity contribution in [1.29, 1.82) is 0 Å². The van der Waals surface area contributed by atoms with Gasteiger partial charge in [0, 0.05) is 30.4 Å². The molecule has 0 saturated carbocycles. The van der Waals surface area contributed by atoms with Crippen LogP contribution in [0.4, 0.5) is 4.39 Å². The molecule has 0 bridgehead atoms. The number of allylic oxidation sites excluding steroid dienone is 5. The zero-order valence-electron chi connectivity index (χ0n) is 28.6. The van der Waals surface area contributed by atoms with Gasteiger partial charge in [-0.25, -0.2) is 4.39 Å². The van der Waals surface area contributed by atoms with Crippen molar-refractivity contribution in [3.63, 3.8) is 0 Å². The number of halogens is 1. The van der Waals surface area contributed by atoms with Gasteiger partial charge in [0.2, 0.25) is 0 Å². The number of fused-ring (bicyclic) bond motifs is 2. The Morgan fingerprint density at radius 2 is 1.82 bits per heavy atom. The van der Waals surface area contributed by atoms with Crippen molar-refractivity contribution in [1.82, 2.24) is 5.32 Å². The topological polar surface area (TPSA) is 47.6 Å². The van der Waals surface area contributed by atoms with Crippen LogP contribution in [0.2, 0.25) is 0 Å². The standard InChI is InChI=1S/C34H34FNO3.3C2H6.H2/c1-5-23-10-13-28-30(37)15-12-27-20-36-29(21(2)32(27)22(3)33(28)34(23)35)14-11-25-8-9-26(19-31(25)38-4)24-7-6-17-39-18-16-24;3*1-2;/h5,7-10,12-13,15,19-20,29,36H,1,3,6,11,14,16-18H2,2,4H3;3*1-2H3;1H/b15-12-;;;;. The SMILES string of the molecule is C=Cc1ccc2c(c1F)C(=C)C1=C(C)C(CCc3ccc(C4=CCCOCC4)cc3OC)NC=C1/C=C\C2=O.CC.CC.CC.[HH]. The normalized spacial score (nSPS) is 17.7. The van der Waals surface area contributed by atoms with Crippen molar-refractivity contribution in [2.75, 3.05) is 20.3 Å². The first-order valence-corrected chi connectivity index (χ1v) is 16.4. The minimum atomic E-state index is -0.467. The van der Waals surface area contributed by atoms with E-state index >= 15 is 4.39 Å². The summed E-state index contributed by atoms with van der Waals surface area (Å²) in [4.78, 5) is 12.8. The largest absolute Gasteiger partial charge is 0.496 e. The van der Waals surface area contributed by atoms with Crippen molar-refractivity contribution in [2.24, 2.45) is 0 Å². The summed E-state index contributed by atoms with van der Waals surface area (Å²) in [6.45, 7) is 23.6. The molecular formula is C40H54FNO3. The Balaban J connectivity index is 0.00000143. The Hall–Kier alpha value is -3.96. The van der Waals surface area contributed by atoms with E-state index in [2.05, 4.69) is 49.7 Å². The van der Waals surface area contributed by atoms with E-state index in [9.17, 15) is 4.79 Å². The van der Waals surface area contributed by atoms with Crippen molar-refractivity contribution in [3.05, 3.63) is 118 Å². The number of carbonyl (C=O) groups is 1. The summed E-state index contributed by atoms with van der Waals surface area (Å²) >= 11 is 0. The number of rotatable bonds is 6. The molecule has 0 amide bonds. The molecule has 0 spiro atoms. The van der Waals surface area contributed by atoms with Crippen LogP contribution in [-0.4, -0.2) is 32.1 Å². The van der Waals surface area contributed by atoms with Gasteiger partial charge in [-0.3, -0.25) is 4.79 Å². The van der Waals surface area contributed by atoms with E-state index < -0.39 is 5.82 Å². The number of aryl methyl sites for hydroxylation is 1.